The molecule has 0 saturated carbocycles. The summed E-state index contributed by atoms with van der Waals surface area (Å²) >= 11 is 0. The molecule has 5 nitrogen and oxygen atoms in total. The van der Waals surface area contributed by atoms with Crippen molar-refractivity contribution < 1.29 is 22.7 Å². The predicted molar refractivity (Wildman–Crippen MR) is 93.9 cm³/mol. The molecule has 0 unspecified atom stereocenters. The van der Waals surface area contributed by atoms with E-state index in [4.69, 9.17) is 4.74 Å². The number of nitrogens with zero attached hydrogens (tertiary/aromatic N) is 2. The number of likely N-dealkylation sites (tertiary alicyclic amines) is 1. The molecule has 1 N–H and O–H groups in total. The molecule has 0 bridgehead atoms. The molecule has 27 heavy (non-hydrogen) atoms. The number of hydrogen-bond acceptors (Lipinski definition) is 3. The van der Waals surface area contributed by atoms with Crippen molar-refractivity contribution in [3.05, 3.63) is 41.9 Å². The van der Waals surface area contributed by atoms with Crippen LogP contribution in [0.2, 0.25) is 0 Å². The zero-order chi connectivity index (χ0) is 19.8. The highest BCUT2D eigenvalue weighted by Gasteiger charge is 2.36. The van der Waals surface area contributed by atoms with Crippen molar-refractivity contribution in [2.24, 2.45) is 0 Å². The highest BCUT2D eigenvalue weighted by atomic mass is 19.4. The van der Waals surface area contributed by atoms with E-state index in [-0.39, 0.29) is 17.3 Å². The van der Waals surface area contributed by atoms with Crippen molar-refractivity contribution in [2.75, 3.05) is 6.54 Å². The minimum absolute atomic E-state index is 0.0329. The van der Waals surface area contributed by atoms with Crippen LogP contribution < -0.4 is 0 Å². The Morgan fingerprint density at radius 1 is 1.26 bits per heavy atom. The van der Waals surface area contributed by atoms with E-state index in [2.05, 4.69) is 9.97 Å². The average Bonchev–Trinajstić information content (AvgIpc) is 3.21. The fourth-order valence-corrected chi connectivity index (χ4v) is 3.20. The Morgan fingerprint density at radius 2 is 1.96 bits per heavy atom. The molecule has 1 fully saturated rings. The number of hydrogen-bond donors (Lipinski definition) is 1. The van der Waals surface area contributed by atoms with E-state index < -0.39 is 23.4 Å². The van der Waals surface area contributed by atoms with Gasteiger partial charge in [0, 0.05) is 12.1 Å². The molecule has 1 atom stereocenters. The molecule has 2 aromatic rings. The van der Waals surface area contributed by atoms with Gasteiger partial charge in [0.15, 0.2) is 0 Å². The van der Waals surface area contributed by atoms with Crippen LogP contribution in [0.15, 0.2) is 30.5 Å². The van der Waals surface area contributed by atoms with Crippen LogP contribution in [0.3, 0.4) is 0 Å². The van der Waals surface area contributed by atoms with E-state index in [9.17, 15) is 18.0 Å². The van der Waals surface area contributed by atoms with Crippen LogP contribution in [0, 0.1) is 0 Å². The van der Waals surface area contributed by atoms with E-state index in [1.165, 1.54) is 18.3 Å². The maximum Gasteiger partial charge on any atom is 0.417 e. The molecule has 1 aromatic carbocycles. The smallest absolute Gasteiger partial charge is 0.417 e. The van der Waals surface area contributed by atoms with Gasteiger partial charge in [-0.2, -0.15) is 13.2 Å². The van der Waals surface area contributed by atoms with E-state index >= 15 is 0 Å². The lowest BCUT2D eigenvalue weighted by molar-refractivity contribution is -0.137. The topological polar surface area (TPSA) is 58.2 Å². The molecular weight excluding hydrogens is 359 g/mol. The van der Waals surface area contributed by atoms with Crippen LogP contribution in [-0.4, -0.2) is 33.1 Å². The fourth-order valence-electron chi connectivity index (χ4n) is 3.20. The molecular formula is C19H22F3N3O2. The lowest BCUT2D eigenvalue weighted by Crippen LogP contribution is -2.36. The van der Waals surface area contributed by atoms with Crippen molar-refractivity contribution in [1.29, 1.82) is 0 Å². The lowest BCUT2D eigenvalue weighted by atomic mass is 10.0. The van der Waals surface area contributed by atoms with E-state index in [0.29, 0.717) is 18.8 Å². The molecule has 1 aliphatic rings. The molecule has 1 saturated heterocycles. The number of carbonyl (C=O) groups excluding carboxylic acids is 1. The molecule has 0 radical (unpaired) electrons. The van der Waals surface area contributed by atoms with Crippen LogP contribution >= 0.6 is 0 Å². The molecule has 1 aliphatic heterocycles. The third kappa shape index (κ3) is 4.26. The summed E-state index contributed by atoms with van der Waals surface area (Å²) in [5, 5.41) is 0. The Labute approximate surface area is 155 Å². The van der Waals surface area contributed by atoms with Crippen molar-refractivity contribution >= 4 is 6.09 Å². The second-order valence-electron chi connectivity index (χ2n) is 7.56. The van der Waals surface area contributed by atoms with Gasteiger partial charge in [0.05, 0.1) is 23.5 Å². The standard InChI is InChI=1S/C19H22F3N3O2/c1-18(2,3)27-17(26)25-10-6-9-15(25)16-23-11-14(24-16)12-7-4-5-8-13(12)19(20,21)22/h4-5,7-8,11,15H,6,9-10H2,1-3H3,(H,23,24)/t15-/m0/s1. The summed E-state index contributed by atoms with van der Waals surface area (Å²) in [6.07, 6.45) is -2.08. The van der Waals surface area contributed by atoms with E-state index in [1.54, 1.807) is 31.7 Å². The number of alkyl halides is 3. The van der Waals surface area contributed by atoms with Gasteiger partial charge in [-0.1, -0.05) is 18.2 Å². The number of imidazole rings is 1. The number of benzene rings is 1. The Balaban J connectivity index is 1.87. The van der Waals surface area contributed by atoms with Crippen LogP contribution in [0.4, 0.5) is 18.0 Å². The maximum atomic E-state index is 13.3. The van der Waals surface area contributed by atoms with Gasteiger partial charge in [-0.25, -0.2) is 9.78 Å². The summed E-state index contributed by atoms with van der Waals surface area (Å²) in [6, 6.07) is 5.00. The number of rotatable bonds is 2. The van der Waals surface area contributed by atoms with E-state index in [0.717, 1.165) is 12.5 Å². The first-order valence-corrected chi connectivity index (χ1v) is 8.77. The molecule has 1 aromatic heterocycles. The van der Waals surface area contributed by atoms with Gasteiger partial charge in [-0.05, 0) is 39.7 Å². The summed E-state index contributed by atoms with van der Waals surface area (Å²) in [7, 11) is 0. The number of aromatic nitrogens is 2. The molecule has 2 heterocycles. The second-order valence-corrected chi connectivity index (χ2v) is 7.56. The van der Waals surface area contributed by atoms with Crippen LogP contribution in [0.25, 0.3) is 11.3 Å². The SMILES string of the molecule is CC(C)(C)OC(=O)N1CCC[C@H]1c1ncc(-c2ccccc2C(F)(F)F)[nH]1. The zero-order valence-electron chi connectivity index (χ0n) is 15.4. The van der Waals surface area contributed by atoms with Crippen LogP contribution in [0.1, 0.15) is 51.0 Å². The molecule has 8 heteroatoms. The fraction of sp³-hybridized carbons (Fsp3) is 0.474. The number of nitrogens with one attached hydrogen (secondary N) is 1. The van der Waals surface area contributed by atoms with E-state index in [1.807, 2.05) is 0 Å². The number of amides is 1. The van der Waals surface area contributed by atoms with Crippen molar-refractivity contribution in [3.8, 4) is 11.3 Å². The van der Waals surface area contributed by atoms with Crippen molar-refractivity contribution in [1.82, 2.24) is 14.9 Å². The average molecular weight is 381 g/mol. The van der Waals surface area contributed by atoms with Gasteiger partial charge in [0.25, 0.3) is 0 Å². The van der Waals surface area contributed by atoms with Crippen molar-refractivity contribution in [3.63, 3.8) is 0 Å². The zero-order valence-corrected chi connectivity index (χ0v) is 15.4. The minimum atomic E-state index is -4.46. The highest BCUT2D eigenvalue weighted by Crippen LogP contribution is 2.38. The molecule has 0 aliphatic carbocycles. The van der Waals surface area contributed by atoms with Crippen molar-refractivity contribution in [2.45, 2.75) is 51.4 Å². The molecule has 1 amide bonds. The highest BCUT2D eigenvalue weighted by molar-refractivity contribution is 5.69. The third-order valence-corrected chi connectivity index (χ3v) is 4.31. The summed E-state index contributed by atoms with van der Waals surface area (Å²) in [5.41, 5.74) is -1.04. The largest absolute Gasteiger partial charge is 0.444 e. The first-order valence-electron chi connectivity index (χ1n) is 8.77. The first-order chi connectivity index (χ1) is 12.6. The monoisotopic (exact) mass is 381 g/mol. The third-order valence-electron chi connectivity index (χ3n) is 4.31. The molecule has 3 rings (SSSR count). The normalized spacial score (nSPS) is 18.0. The lowest BCUT2D eigenvalue weighted by Gasteiger charge is -2.27. The Kier molecular flexibility index (Phi) is 4.92. The number of halogens is 3. The number of ether oxygens (including phenoxy) is 1. The minimum Gasteiger partial charge on any atom is -0.444 e. The van der Waals surface area contributed by atoms with Crippen LogP contribution in [-0.2, 0) is 10.9 Å². The number of aromatic amines is 1. The van der Waals surface area contributed by atoms with Crippen LogP contribution in [0.5, 0.6) is 0 Å². The first kappa shape index (κ1) is 19.3. The summed E-state index contributed by atoms with van der Waals surface area (Å²) < 4.78 is 45.2. The molecule has 0 spiro atoms. The van der Waals surface area contributed by atoms with Gasteiger partial charge < -0.3 is 9.72 Å². The van der Waals surface area contributed by atoms with Gasteiger partial charge in [0.1, 0.15) is 11.4 Å². The van der Waals surface area contributed by atoms with Gasteiger partial charge in [0.2, 0.25) is 0 Å². The number of H-pyrrole nitrogens is 1. The van der Waals surface area contributed by atoms with Gasteiger partial charge >= 0.3 is 12.3 Å². The second kappa shape index (κ2) is 6.90. The Morgan fingerprint density at radius 3 is 2.63 bits per heavy atom. The summed E-state index contributed by atoms with van der Waals surface area (Å²) in [5.74, 6) is 0.463. The predicted octanol–water partition coefficient (Wildman–Crippen LogP) is 5.17. The Hall–Kier alpha value is -2.51. The maximum absolute atomic E-state index is 13.3. The number of carbonyl (C=O) groups is 1. The Bertz CT molecular complexity index is 824. The quantitative estimate of drug-likeness (QED) is 0.781. The summed E-state index contributed by atoms with van der Waals surface area (Å²) in [6.45, 7) is 5.88. The van der Waals surface area contributed by atoms with Gasteiger partial charge in [-0.15, -0.1) is 0 Å². The summed E-state index contributed by atoms with van der Waals surface area (Å²) in [4.78, 5) is 21.2. The molecule has 146 valence electrons. The van der Waals surface area contributed by atoms with Gasteiger partial charge in [-0.3, -0.25) is 4.90 Å².